The molecule has 0 spiro atoms. The molecule has 14 heteroatoms. The minimum absolute atomic E-state index is 0.0931. The average Bonchev–Trinajstić information content (AvgIpc) is 2.84. The van der Waals surface area contributed by atoms with Crippen LogP contribution in [0.3, 0.4) is 0 Å². The minimum atomic E-state index is -5.06. The van der Waals surface area contributed by atoms with Crippen molar-refractivity contribution in [1.82, 2.24) is 0 Å². The second-order valence-electron chi connectivity index (χ2n) is 8.85. The molecule has 212 valence electrons. The number of esters is 2. The Kier molecular flexibility index (Phi) is 15.2. The molecule has 6 N–H and O–H groups in total. The lowest BCUT2D eigenvalue weighted by atomic mass is 9.85. The maximum absolute atomic E-state index is 12.4. The lowest BCUT2D eigenvalue weighted by molar-refractivity contribution is -0.220. The number of hydrogen-bond donors (Lipinski definition) is 6. The van der Waals surface area contributed by atoms with Gasteiger partial charge in [-0.2, -0.15) is 0 Å². The number of phosphoric acid groups is 1. The molecule has 0 aromatic rings. The van der Waals surface area contributed by atoms with Gasteiger partial charge in [0.2, 0.25) is 0 Å². The van der Waals surface area contributed by atoms with Gasteiger partial charge < -0.3 is 39.9 Å². The third-order valence-electron chi connectivity index (χ3n) is 5.70. The van der Waals surface area contributed by atoms with E-state index >= 15 is 0 Å². The van der Waals surface area contributed by atoms with Gasteiger partial charge in [-0.05, 0) is 12.8 Å². The van der Waals surface area contributed by atoms with Crippen LogP contribution < -0.4 is 0 Å². The van der Waals surface area contributed by atoms with E-state index in [2.05, 4.69) is 6.92 Å². The summed E-state index contributed by atoms with van der Waals surface area (Å²) in [5, 5.41) is 49.1. The summed E-state index contributed by atoms with van der Waals surface area (Å²) in [7, 11) is -5.06. The molecule has 1 aliphatic rings. The Morgan fingerprint density at radius 3 is 1.86 bits per heavy atom. The zero-order valence-corrected chi connectivity index (χ0v) is 21.7. The van der Waals surface area contributed by atoms with Gasteiger partial charge in [0.25, 0.3) is 0 Å². The summed E-state index contributed by atoms with van der Waals surface area (Å²) >= 11 is 0. The summed E-state index contributed by atoms with van der Waals surface area (Å²) in [6.45, 7) is 2.78. The Balaban J connectivity index is 2.72. The van der Waals surface area contributed by atoms with Gasteiger partial charge in [-0.15, -0.1) is 0 Å². The largest absolute Gasteiger partial charge is 0.472 e. The van der Waals surface area contributed by atoms with Crippen LogP contribution in [0.1, 0.15) is 71.6 Å². The molecule has 0 aromatic heterocycles. The summed E-state index contributed by atoms with van der Waals surface area (Å²) in [6.07, 6.45) is -7.07. The van der Waals surface area contributed by atoms with Crippen LogP contribution in [0.15, 0.2) is 0 Å². The number of rotatable bonds is 17. The molecule has 13 nitrogen and oxygen atoms in total. The molecule has 1 saturated carbocycles. The SMILES string of the molecule is CCCCCCCC(=O)O[C@H](COC(=O)CCCC)COP(=O)(O)OC1[C@@H](O)[C@H](O)C(O)[C@@H](O)[C@H]1O. The number of hydrogen-bond acceptors (Lipinski definition) is 12. The van der Waals surface area contributed by atoms with Gasteiger partial charge in [-0.25, -0.2) is 4.57 Å². The highest BCUT2D eigenvalue weighted by molar-refractivity contribution is 7.47. The predicted octanol–water partition coefficient (Wildman–Crippen LogP) is 0.312. The van der Waals surface area contributed by atoms with E-state index in [1.54, 1.807) is 0 Å². The normalized spacial score (nSPS) is 28.8. The molecule has 0 bridgehead atoms. The zero-order valence-electron chi connectivity index (χ0n) is 20.8. The monoisotopic (exact) mass is 544 g/mol. The van der Waals surface area contributed by atoms with Crippen molar-refractivity contribution in [2.24, 2.45) is 0 Å². The summed E-state index contributed by atoms with van der Waals surface area (Å²) in [4.78, 5) is 34.1. The second kappa shape index (κ2) is 16.6. The van der Waals surface area contributed by atoms with Crippen molar-refractivity contribution in [3.8, 4) is 0 Å². The van der Waals surface area contributed by atoms with E-state index in [1.165, 1.54) is 0 Å². The van der Waals surface area contributed by atoms with Crippen molar-refractivity contribution in [2.75, 3.05) is 13.2 Å². The third kappa shape index (κ3) is 11.5. The van der Waals surface area contributed by atoms with Crippen LogP contribution >= 0.6 is 7.82 Å². The van der Waals surface area contributed by atoms with Gasteiger partial charge in [0.15, 0.2) is 6.10 Å². The molecule has 1 fully saturated rings. The number of aliphatic hydroxyl groups is 5. The van der Waals surface area contributed by atoms with Gasteiger partial charge in [0.1, 0.15) is 43.2 Å². The van der Waals surface area contributed by atoms with Crippen LogP contribution in [-0.4, -0.2) is 98.3 Å². The molecule has 0 saturated heterocycles. The molecule has 0 radical (unpaired) electrons. The van der Waals surface area contributed by atoms with Crippen LogP contribution in [0.5, 0.6) is 0 Å². The highest BCUT2D eigenvalue weighted by atomic mass is 31.2. The molecule has 1 rings (SSSR count). The molecule has 8 atom stereocenters. The van der Waals surface area contributed by atoms with Crippen LogP contribution in [0.2, 0.25) is 0 Å². The van der Waals surface area contributed by atoms with Crippen molar-refractivity contribution >= 4 is 19.8 Å². The van der Waals surface area contributed by atoms with Gasteiger partial charge in [-0.1, -0.05) is 46.0 Å². The Hall–Kier alpha value is -1.15. The lowest BCUT2D eigenvalue weighted by Gasteiger charge is -2.41. The molecule has 0 amide bonds. The average molecular weight is 545 g/mol. The fraction of sp³-hybridized carbons (Fsp3) is 0.909. The lowest BCUT2D eigenvalue weighted by Crippen LogP contribution is -2.64. The Labute approximate surface area is 210 Å². The number of carbonyl (C=O) groups is 2. The molecule has 0 aliphatic heterocycles. The standard InChI is InChI=1S/C22H41O13P/c1-3-5-7-8-9-11-16(24)34-14(12-32-15(23)10-6-4-2)13-33-36(30,31)35-22-20(28)18(26)17(25)19(27)21(22)29/h14,17-22,25-29H,3-13H2,1-2H3,(H,30,31)/t14-,17?,18-,19-,20-,21+,22?/m1/s1. The third-order valence-corrected chi connectivity index (χ3v) is 6.68. The van der Waals surface area contributed by atoms with Gasteiger partial charge in [-0.3, -0.25) is 18.6 Å². The first-order chi connectivity index (χ1) is 16.9. The van der Waals surface area contributed by atoms with E-state index in [0.29, 0.717) is 12.8 Å². The summed E-state index contributed by atoms with van der Waals surface area (Å²) < 4.78 is 32.3. The van der Waals surface area contributed by atoms with Crippen molar-refractivity contribution in [3.63, 3.8) is 0 Å². The van der Waals surface area contributed by atoms with Crippen molar-refractivity contribution in [3.05, 3.63) is 0 Å². The molecular formula is C22H41O13P. The molecular weight excluding hydrogens is 503 g/mol. The Morgan fingerprint density at radius 1 is 0.750 bits per heavy atom. The zero-order chi connectivity index (χ0) is 27.3. The number of phosphoric ester groups is 1. The number of ether oxygens (including phenoxy) is 2. The Morgan fingerprint density at radius 2 is 1.28 bits per heavy atom. The van der Waals surface area contributed by atoms with Crippen LogP contribution in [0.4, 0.5) is 0 Å². The van der Waals surface area contributed by atoms with Crippen molar-refractivity contribution in [1.29, 1.82) is 0 Å². The quantitative estimate of drug-likeness (QED) is 0.0828. The molecule has 0 aromatic carbocycles. The van der Waals surface area contributed by atoms with Crippen LogP contribution in [-0.2, 0) is 32.7 Å². The highest BCUT2D eigenvalue weighted by Crippen LogP contribution is 2.47. The fourth-order valence-electron chi connectivity index (χ4n) is 3.50. The van der Waals surface area contributed by atoms with Crippen molar-refractivity contribution < 1.29 is 63.1 Å². The molecule has 3 unspecified atom stereocenters. The van der Waals surface area contributed by atoms with E-state index in [0.717, 1.165) is 32.1 Å². The molecule has 0 heterocycles. The number of carbonyl (C=O) groups excluding carboxylic acids is 2. The Bertz CT molecular complexity index is 689. The van der Waals surface area contributed by atoms with Crippen molar-refractivity contribution in [2.45, 2.75) is 114 Å². The van der Waals surface area contributed by atoms with E-state index in [4.69, 9.17) is 18.5 Å². The van der Waals surface area contributed by atoms with Gasteiger partial charge in [0, 0.05) is 12.8 Å². The molecule has 1 aliphatic carbocycles. The summed E-state index contributed by atoms with van der Waals surface area (Å²) in [6, 6.07) is 0. The van der Waals surface area contributed by atoms with E-state index in [1.807, 2.05) is 6.92 Å². The van der Waals surface area contributed by atoms with E-state index < -0.39 is 75.7 Å². The summed E-state index contributed by atoms with van der Waals surface area (Å²) in [5.41, 5.74) is 0. The first-order valence-corrected chi connectivity index (χ1v) is 13.8. The highest BCUT2D eigenvalue weighted by Gasteiger charge is 2.51. The predicted molar refractivity (Wildman–Crippen MR) is 124 cm³/mol. The number of aliphatic hydroxyl groups excluding tert-OH is 5. The van der Waals surface area contributed by atoms with Gasteiger partial charge in [0.05, 0.1) is 6.61 Å². The fourth-order valence-corrected chi connectivity index (χ4v) is 4.47. The maximum Gasteiger partial charge on any atom is 0.472 e. The van der Waals surface area contributed by atoms with E-state index in [9.17, 15) is 44.6 Å². The molecule has 36 heavy (non-hydrogen) atoms. The second-order valence-corrected chi connectivity index (χ2v) is 10.3. The topological polar surface area (TPSA) is 210 Å². The summed E-state index contributed by atoms with van der Waals surface area (Å²) in [5.74, 6) is -1.16. The van der Waals surface area contributed by atoms with Crippen LogP contribution in [0, 0.1) is 0 Å². The van der Waals surface area contributed by atoms with Crippen LogP contribution in [0.25, 0.3) is 0 Å². The maximum atomic E-state index is 12.4. The van der Waals surface area contributed by atoms with E-state index in [-0.39, 0.29) is 12.8 Å². The first-order valence-electron chi connectivity index (χ1n) is 12.3. The number of unbranched alkanes of at least 4 members (excludes halogenated alkanes) is 5. The first kappa shape index (κ1) is 32.9. The smallest absolute Gasteiger partial charge is 0.462 e. The minimum Gasteiger partial charge on any atom is -0.462 e. The van der Waals surface area contributed by atoms with Gasteiger partial charge >= 0.3 is 19.8 Å².